The standard InChI is InChI=1S/C42H52N6O7/c1-47-26-34(33-25-44-46-40(33)42(47)53)31-23-35(54-2)32(36(24-31)55-3)8-7-9-37(49)43-19-6-4-5-10-39(51)48-20-17-29(18-21-48)28-13-11-27(12-14-28)22-30-15-16-38(50)45-41(30)52/h11-14,23-26,29-30H,4-10,15-22H2,1-3H3,(H,43,49)(H,44,46)(H,45,50,52). The molecule has 0 radical (unpaired) electrons. The number of hydrogen-bond donors (Lipinski definition) is 3. The zero-order valence-corrected chi connectivity index (χ0v) is 32.1. The highest BCUT2D eigenvalue weighted by atomic mass is 16.5. The van der Waals surface area contributed by atoms with E-state index in [1.165, 1.54) is 10.1 Å². The SMILES string of the molecule is COc1cc(-c2cn(C)c(=O)c3[nH]ncc23)cc(OC)c1CCCC(=O)NCCCCCC(=O)N1CCC(c2ccc(CC3CCC(=O)NC3=O)cc2)CC1. The zero-order chi connectivity index (χ0) is 38.9. The lowest BCUT2D eigenvalue weighted by atomic mass is 9.87. The summed E-state index contributed by atoms with van der Waals surface area (Å²) in [6.45, 7) is 2.08. The second-order valence-corrected chi connectivity index (χ2v) is 14.7. The van der Waals surface area contributed by atoms with Gasteiger partial charge >= 0.3 is 0 Å². The number of fused-ring (bicyclic) bond motifs is 1. The van der Waals surface area contributed by atoms with Gasteiger partial charge in [-0.3, -0.25) is 34.4 Å². The number of likely N-dealkylation sites (tertiary alicyclic amines) is 1. The average Bonchev–Trinajstić information content (AvgIpc) is 3.69. The number of imide groups is 1. The smallest absolute Gasteiger partial charge is 0.276 e. The van der Waals surface area contributed by atoms with Gasteiger partial charge in [-0.2, -0.15) is 5.10 Å². The first kappa shape index (κ1) is 39.2. The molecule has 2 aliphatic rings. The lowest BCUT2D eigenvalue weighted by Crippen LogP contribution is -2.41. The summed E-state index contributed by atoms with van der Waals surface area (Å²) in [4.78, 5) is 63.6. The van der Waals surface area contributed by atoms with Crippen LogP contribution in [0, 0.1) is 5.92 Å². The van der Waals surface area contributed by atoms with Gasteiger partial charge in [0.15, 0.2) is 0 Å². The number of nitrogens with zero attached hydrogens (tertiary/aromatic N) is 3. The summed E-state index contributed by atoms with van der Waals surface area (Å²) in [5.41, 5.74) is 5.17. The number of methoxy groups -OCH3 is 2. The number of unbranched alkanes of at least 4 members (excludes halogenated alkanes) is 2. The number of H-pyrrole nitrogens is 1. The van der Waals surface area contributed by atoms with Crippen molar-refractivity contribution in [2.75, 3.05) is 33.9 Å². The number of carbonyl (C=O) groups is 4. The molecule has 4 amide bonds. The van der Waals surface area contributed by atoms with Gasteiger partial charge in [-0.1, -0.05) is 30.7 Å². The number of ether oxygens (including phenoxy) is 2. The molecule has 2 aliphatic heterocycles. The summed E-state index contributed by atoms with van der Waals surface area (Å²) in [5.74, 6) is 1.38. The lowest BCUT2D eigenvalue weighted by Gasteiger charge is -2.32. The molecule has 2 aromatic heterocycles. The van der Waals surface area contributed by atoms with Gasteiger partial charge < -0.3 is 24.3 Å². The summed E-state index contributed by atoms with van der Waals surface area (Å²) < 4.78 is 13.0. The maximum atomic E-state index is 12.9. The Labute approximate surface area is 321 Å². The summed E-state index contributed by atoms with van der Waals surface area (Å²) in [6, 6.07) is 12.3. The Hall–Kier alpha value is -5.46. The van der Waals surface area contributed by atoms with Crippen molar-refractivity contribution in [3.8, 4) is 22.6 Å². The first-order valence-electron chi connectivity index (χ1n) is 19.4. The van der Waals surface area contributed by atoms with Crippen molar-refractivity contribution in [3.05, 3.63) is 75.8 Å². The molecule has 6 rings (SSSR count). The molecule has 2 aromatic carbocycles. The van der Waals surface area contributed by atoms with Crippen LogP contribution in [0.1, 0.15) is 86.8 Å². The van der Waals surface area contributed by atoms with Gasteiger partial charge in [0.25, 0.3) is 5.56 Å². The third-order valence-corrected chi connectivity index (χ3v) is 11.1. The first-order valence-corrected chi connectivity index (χ1v) is 19.4. The van der Waals surface area contributed by atoms with E-state index in [4.69, 9.17) is 9.47 Å². The topological polar surface area (TPSA) is 165 Å². The molecule has 1 unspecified atom stereocenters. The summed E-state index contributed by atoms with van der Waals surface area (Å²) >= 11 is 0. The second kappa shape index (κ2) is 18.2. The molecule has 2 fully saturated rings. The summed E-state index contributed by atoms with van der Waals surface area (Å²) in [6.07, 6.45) is 11.5. The molecule has 1 atom stereocenters. The van der Waals surface area contributed by atoms with Crippen molar-refractivity contribution >= 4 is 34.5 Å². The van der Waals surface area contributed by atoms with Gasteiger partial charge in [-0.05, 0) is 86.1 Å². The van der Waals surface area contributed by atoms with Gasteiger partial charge in [0.1, 0.15) is 17.0 Å². The molecule has 55 heavy (non-hydrogen) atoms. The molecule has 3 N–H and O–H groups in total. The highest BCUT2D eigenvalue weighted by Gasteiger charge is 2.27. The Kier molecular flexibility index (Phi) is 13.0. The van der Waals surface area contributed by atoms with E-state index in [0.29, 0.717) is 79.8 Å². The largest absolute Gasteiger partial charge is 0.496 e. The van der Waals surface area contributed by atoms with Crippen LogP contribution in [-0.2, 0) is 39.1 Å². The normalized spacial score (nSPS) is 16.3. The first-order chi connectivity index (χ1) is 26.6. The van der Waals surface area contributed by atoms with Crippen molar-refractivity contribution in [1.29, 1.82) is 0 Å². The van der Waals surface area contributed by atoms with Crippen LogP contribution < -0.4 is 25.7 Å². The second-order valence-electron chi connectivity index (χ2n) is 14.7. The van der Waals surface area contributed by atoms with E-state index in [1.54, 1.807) is 33.7 Å². The van der Waals surface area contributed by atoms with Crippen LogP contribution in [-0.4, -0.2) is 77.1 Å². The molecular weight excluding hydrogens is 700 g/mol. The third kappa shape index (κ3) is 9.62. The molecule has 13 nitrogen and oxygen atoms in total. The van der Waals surface area contributed by atoms with E-state index in [-0.39, 0.29) is 35.1 Å². The third-order valence-electron chi connectivity index (χ3n) is 11.1. The van der Waals surface area contributed by atoms with Gasteiger partial charge in [0, 0.05) is 74.6 Å². The Morgan fingerprint density at radius 2 is 1.65 bits per heavy atom. The molecule has 13 heteroatoms. The summed E-state index contributed by atoms with van der Waals surface area (Å²) in [7, 11) is 4.91. The van der Waals surface area contributed by atoms with Crippen LogP contribution in [0.15, 0.2) is 53.6 Å². The van der Waals surface area contributed by atoms with Crippen LogP contribution in [0.4, 0.5) is 0 Å². The average molecular weight is 753 g/mol. The van der Waals surface area contributed by atoms with Gasteiger partial charge in [-0.25, -0.2) is 0 Å². The van der Waals surface area contributed by atoms with Crippen molar-refractivity contribution in [2.45, 2.75) is 83.0 Å². The number of piperidine rings is 2. The molecule has 4 aromatic rings. The fourth-order valence-corrected chi connectivity index (χ4v) is 7.85. The lowest BCUT2D eigenvalue weighted by molar-refractivity contribution is -0.136. The number of aromatic nitrogens is 3. The number of amides is 4. The molecule has 4 heterocycles. The maximum absolute atomic E-state index is 12.9. The number of aromatic amines is 1. The van der Waals surface area contributed by atoms with Crippen molar-refractivity contribution in [3.63, 3.8) is 0 Å². The zero-order valence-electron chi connectivity index (χ0n) is 32.1. The minimum Gasteiger partial charge on any atom is -0.496 e. The van der Waals surface area contributed by atoms with Crippen LogP contribution >= 0.6 is 0 Å². The van der Waals surface area contributed by atoms with Crippen LogP contribution in [0.2, 0.25) is 0 Å². The quantitative estimate of drug-likeness (QED) is 0.107. The Balaban J connectivity index is 0.866. The predicted molar refractivity (Wildman–Crippen MR) is 209 cm³/mol. The highest BCUT2D eigenvalue weighted by Crippen LogP contribution is 2.38. The molecule has 0 bridgehead atoms. The Morgan fingerprint density at radius 3 is 2.35 bits per heavy atom. The molecule has 292 valence electrons. The number of carbonyl (C=O) groups excluding carboxylic acids is 4. The van der Waals surface area contributed by atoms with Crippen LogP contribution in [0.3, 0.4) is 0 Å². The molecule has 0 spiro atoms. The Morgan fingerprint density at radius 1 is 0.927 bits per heavy atom. The van der Waals surface area contributed by atoms with E-state index < -0.39 is 0 Å². The van der Waals surface area contributed by atoms with E-state index in [0.717, 1.165) is 67.4 Å². The number of pyridine rings is 1. The van der Waals surface area contributed by atoms with Gasteiger partial charge in [-0.15, -0.1) is 0 Å². The van der Waals surface area contributed by atoms with Crippen molar-refractivity contribution < 1.29 is 28.7 Å². The van der Waals surface area contributed by atoms with Crippen molar-refractivity contribution in [1.82, 2.24) is 30.3 Å². The molecular formula is C42H52N6O7. The van der Waals surface area contributed by atoms with E-state index in [1.807, 2.05) is 17.0 Å². The summed E-state index contributed by atoms with van der Waals surface area (Å²) in [5, 5.41) is 13.0. The predicted octanol–water partition coefficient (Wildman–Crippen LogP) is 4.95. The number of benzene rings is 2. The number of nitrogens with one attached hydrogen (secondary N) is 3. The van der Waals surface area contributed by atoms with Crippen LogP contribution in [0.5, 0.6) is 11.5 Å². The number of hydrogen-bond acceptors (Lipinski definition) is 8. The monoisotopic (exact) mass is 752 g/mol. The molecule has 2 saturated heterocycles. The van der Waals surface area contributed by atoms with E-state index >= 15 is 0 Å². The minimum atomic E-state index is -0.186. The fourth-order valence-electron chi connectivity index (χ4n) is 7.85. The van der Waals surface area contributed by atoms with E-state index in [9.17, 15) is 24.0 Å². The minimum absolute atomic E-state index is 0.00925. The van der Waals surface area contributed by atoms with Gasteiger partial charge in [0.2, 0.25) is 23.6 Å². The fraction of sp³-hybridized carbons (Fsp3) is 0.476. The van der Waals surface area contributed by atoms with E-state index in [2.05, 4.69) is 45.1 Å². The number of aryl methyl sites for hydroxylation is 1. The Bertz CT molecular complexity index is 2040. The van der Waals surface area contributed by atoms with Crippen molar-refractivity contribution in [2.24, 2.45) is 13.0 Å². The van der Waals surface area contributed by atoms with Gasteiger partial charge in [0.05, 0.1) is 20.4 Å². The maximum Gasteiger partial charge on any atom is 0.276 e. The highest BCUT2D eigenvalue weighted by molar-refractivity contribution is 5.98. The number of rotatable bonds is 16. The molecule has 0 saturated carbocycles. The molecule has 0 aliphatic carbocycles. The van der Waals surface area contributed by atoms with Crippen LogP contribution in [0.25, 0.3) is 22.0 Å².